The fraction of sp³-hybridized carbons (Fsp3) is 0.562. The summed E-state index contributed by atoms with van der Waals surface area (Å²) in [6.45, 7) is 4.28. The topological polar surface area (TPSA) is 38.8 Å². The van der Waals surface area contributed by atoms with Crippen LogP contribution in [0.25, 0.3) is 0 Å². The van der Waals surface area contributed by atoms with Crippen molar-refractivity contribution in [3.05, 3.63) is 24.3 Å². The van der Waals surface area contributed by atoms with Gasteiger partial charge in [-0.3, -0.25) is 4.79 Å². The highest BCUT2D eigenvalue weighted by Crippen LogP contribution is 2.27. The Hall–Kier alpha value is -1.71. The Balaban J connectivity index is 1.97. The van der Waals surface area contributed by atoms with Crippen LogP contribution in [0.1, 0.15) is 33.1 Å². The summed E-state index contributed by atoms with van der Waals surface area (Å²) in [4.78, 5) is 14.3. The summed E-state index contributed by atoms with van der Waals surface area (Å²) in [6, 6.07) is 7.98. The van der Waals surface area contributed by atoms with Crippen molar-refractivity contribution in [3.63, 3.8) is 0 Å². The summed E-state index contributed by atoms with van der Waals surface area (Å²) in [5.74, 6) is 1.32. The zero-order valence-corrected chi connectivity index (χ0v) is 12.5. The smallest absolute Gasteiger partial charge is 0.260 e. The first kappa shape index (κ1) is 14.7. The summed E-state index contributed by atoms with van der Waals surface area (Å²) in [5.41, 5.74) is 0. The predicted octanol–water partition coefficient (Wildman–Crippen LogP) is 2.86. The highest BCUT2D eigenvalue weighted by molar-refractivity contribution is 5.78. The monoisotopic (exact) mass is 277 g/mol. The van der Waals surface area contributed by atoms with Gasteiger partial charge in [0.25, 0.3) is 5.91 Å². The summed E-state index contributed by atoms with van der Waals surface area (Å²) in [6.07, 6.45) is 3.34. The van der Waals surface area contributed by atoms with Crippen molar-refractivity contribution in [2.75, 3.05) is 13.7 Å². The number of methoxy groups -OCH3 is 1. The van der Waals surface area contributed by atoms with Crippen molar-refractivity contribution >= 4 is 5.91 Å². The van der Waals surface area contributed by atoms with Crippen molar-refractivity contribution in [3.8, 4) is 11.5 Å². The number of benzene rings is 1. The molecular formula is C16H23NO3. The number of carbonyl (C=O) groups is 1. The Kier molecular flexibility index (Phi) is 4.88. The molecule has 4 heteroatoms. The SMILES string of the molecule is COc1ccccc1OCC(=O)N1C(C)CCCC1C. The molecule has 2 unspecified atom stereocenters. The maximum atomic E-state index is 12.4. The van der Waals surface area contributed by atoms with Crippen LogP contribution in [-0.4, -0.2) is 36.6 Å². The number of amides is 1. The van der Waals surface area contributed by atoms with Gasteiger partial charge in [-0.15, -0.1) is 0 Å². The van der Waals surface area contributed by atoms with Crippen LogP contribution in [0.15, 0.2) is 24.3 Å². The molecule has 4 nitrogen and oxygen atoms in total. The highest BCUT2D eigenvalue weighted by Gasteiger charge is 2.29. The first-order chi connectivity index (χ1) is 9.63. The molecule has 2 rings (SSSR count). The third-order valence-electron chi connectivity index (χ3n) is 3.90. The Bertz CT molecular complexity index is 451. The lowest BCUT2D eigenvalue weighted by atomic mass is 9.97. The molecule has 0 radical (unpaired) electrons. The van der Waals surface area contributed by atoms with E-state index >= 15 is 0 Å². The van der Waals surface area contributed by atoms with Gasteiger partial charge in [-0.1, -0.05) is 12.1 Å². The van der Waals surface area contributed by atoms with E-state index in [9.17, 15) is 4.79 Å². The molecular weight excluding hydrogens is 254 g/mol. The number of hydrogen-bond acceptors (Lipinski definition) is 3. The quantitative estimate of drug-likeness (QED) is 0.849. The lowest BCUT2D eigenvalue weighted by Gasteiger charge is -2.39. The van der Waals surface area contributed by atoms with E-state index in [1.54, 1.807) is 7.11 Å². The van der Waals surface area contributed by atoms with E-state index in [1.165, 1.54) is 6.42 Å². The van der Waals surface area contributed by atoms with Crippen molar-refractivity contribution < 1.29 is 14.3 Å². The fourth-order valence-corrected chi connectivity index (χ4v) is 2.86. The molecule has 0 spiro atoms. The number of ether oxygens (including phenoxy) is 2. The molecule has 0 saturated carbocycles. The molecule has 0 aromatic heterocycles. The van der Waals surface area contributed by atoms with Crippen LogP contribution in [0, 0.1) is 0 Å². The molecule has 1 heterocycles. The number of likely N-dealkylation sites (tertiary alicyclic amines) is 1. The van der Waals surface area contributed by atoms with Gasteiger partial charge in [-0.2, -0.15) is 0 Å². The van der Waals surface area contributed by atoms with Gasteiger partial charge in [0.05, 0.1) is 7.11 Å². The summed E-state index contributed by atoms with van der Waals surface area (Å²) in [5, 5.41) is 0. The molecule has 1 saturated heterocycles. The van der Waals surface area contributed by atoms with Gasteiger partial charge in [0.15, 0.2) is 18.1 Å². The zero-order valence-electron chi connectivity index (χ0n) is 12.5. The molecule has 1 aliphatic rings. The number of para-hydroxylation sites is 2. The summed E-state index contributed by atoms with van der Waals surface area (Å²) >= 11 is 0. The van der Waals surface area contributed by atoms with E-state index in [1.807, 2.05) is 29.2 Å². The maximum absolute atomic E-state index is 12.4. The van der Waals surface area contributed by atoms with Crippen LogP contribution < -0.4 is 9.47 Å². The Morgan fingerprint density at radius 1 is 1.20 bits per heavy atom. The molecule has 1 fully saturated rings. The molecule has 20 heavy (non-hydrogen) atoms. The zero-order chi connectivity index (χ0) is 14.5. The second-order valence-electron chi connectivity index (χ2n) is 5.37. The third-order valence-corrected chi connectivity index (χ3v) is 3.90. The molecule has 0 aliphatic carbocycles. The molecule has 1 amide bonds. The van der Waals surface area contributed by atoms with Crippen LogP contribution in [0.5, 0.6) is 11.5 Å². The average Bonchev–Trinajstić information content (AvgIpc) is 2.45. The van der Waals surface area contributed by atoms with Crippen molar-refractivity contribution in [2.24, 2.45) is 0 Å². The van der Waals surface area contributed by atoms with E-state index in [4.69, 9.17) is 9.47 Å². The largest absolute Gasteiger partial charge is 0.493 e. The first-order valence-electron chi connectivity index (χ1n) is 7.20. The molecule has 110 valence electrons. The van der Waals surface area contributed by atoms with Crippen molar-refractivity contribution in [1.29, 1.82) is 0 Å². The number of hydrogen-bond donors (Lipinski definition) is 0. The Morgan fingerprint density at radius 3 is 2.40 bits per heavy atom. The van der Waals surface area contributed by atoms with Crippen LogP contribution in [0.4, 0.5) is 0 Å². The van der Waals surface area contributed by atoms with Gasteiger partial charge in [-0.25, -0.2) is 0 Å². The number of rotatable bonds is 4. The molecule has 1 aromatic carbocycles. The maximum Gasteiger partial charge on any atom is 0.260 e. The molecule has 2 atom stereocenters. The van der Waals surface area contributed by atoms with Crippen molar-refractivity contribution in [2.45, 2.75) is 45.2 Å². The first-order valence-corrected chi connectivity index (χ1v) is 7.20. The van der Waals surface area contributed by atoms with E-state index in [0.717, 1.165) is 12.8 Å². The minimum Gasteiger partial charge on any atom is -0.493 e. The minimum absolute atomic E-state index is 0.0515. The van der Waals surface area contributed by atoms with E-state index in [0.29, 0.717) is 23.6 Å². The second kappa shape index (κ2) is 6.64. The lowest BCUT2D eigenvalue weighted by Crippen LogP contribution is -2.49. The van der Waals surface area contributed by atoms with Gasteiger partial charge in [0, 0.05) is 12.1 Å². The summed E-state index contributed by atoms with van der Waals surface area (Å²) in [7, 11) is 1.60. The number of nitrogens with zero attached hydrogens (tertiary/aromatic N) is 1. The Morgan fingerprint density at radius 2 is 1.80 bits per heavy atom. The number of carbonyl (C=O) groups excluding carboxylic acids is 1. The van der Waals surface area contributed by atoms with Crippen LogP contribution in [0.2, 0.25) is 0 Å². The van der Waals surface area contributed by atoms with Gasteiger partial charge in [0.1, 0.15) is 0 Å². The van der Waals surface area contributed by atoms with Crippen molar-refractivity contribution in [1.82, 2.24) is 4.90 Å². The normalized spacial score (nSPS) is 22.4. The standard InChI is InChI=1S/C16H23NO3/c1-12-7-6-8-13(2)17(12)16(18)11-20-15-10-5-4-9-14(15)19-3/h4-5,9-10,12-13H,6-8,11H2,1-3H3. The van der Waals surface area contributed by atoms with Crippen LogP contribution in [-0.2, 0) is 4.79 Å². The number of piperidine rings is 1. The van der Waals surface area contributed by atoms with Gasteiger partial charge >= 0.3 is 0 Å². The van der Waals surface area contributed by atoms with Gasteiger partial charge in [0.2, 0.25) is 0 Å². The Labute approximate surface area is 120 Å². The minimum atomic E-state index is 0.0515. The molecule has 1 aromatic rings. The molecule has 1 aliphatic heterocycles. The van der Waals surface area contributed by atoms with E-state index < -0.39 is 0 Å². The van der Waals surface area contributed by atoms with Crippen LogP contribution >= 0.6 is 0 Å². The van der Waals surface area contributed by atoms with Gasteiger partial charge < -0.3 is 14.4 Å². The fourth-order valence-electron chi connectivity index (χ4n) is 2.86. The molecule has 0 N–H and O–H groups in total. The van der Waals surface area contributed by atoms with Crippen LogP contribution in [0.3, 0.4) is 0 Å². The highest BCUT2D eigenvalue weighted by atomic mass is 16.5. The second-order valence-corrected chi connectivity index (χ2v) is 5.37. The van der Waals surface area contributed by atoms with E-state index in [2.05, 4.69) is 13.8 Å². The lowest BCUT2D eigenvalue weighted by molar-refractivity contribution is -0.139. The third kappa shape index (κ3) is 3.24. The van der Waals surface area contributed by atoms with E-state index in [-0.39, 0.29) is 12.5 Å². The molecule has 0 bridgehead atoms. The van der Waals surface area contributed by atoms with Gasteiger partial charge in [-0.05, 0) is 45.2 Å². The average molecular weight is 277 g/mol. The summed E-state index contributed by atoms with van der Waals surface area (Å²) < 4.78 is 10.8. The predicted molar refractivity (Wildman–Crippen MR) is 78.1 cm³/mol.